The fourth-order valence-corrected chi connectivity index (χ4v) is 1.92. The number of imide groups is 1. The Labute approximate surface area is 118 Å². The average Bonchev–Trinajstić information content (AvgIpc) is 2.70. The van der Waals surface area contributed by atoms with Gasteiger partial charge in [-0.15, -0.1) is 0 Å². The quantitative estimate of drug-likeness (QED) is 0.735. The minimum Gasteiger partial charge on any atom is -0.326 e. The van der Waals surface area contributed by atoms with Crippen LogP contribution < -0.4 is 16.0 Å². The Hall–Kier alpha value is -2.15. The van der Waals surface area contributed by atoms with E-state index in [4.69, 9.17) is 11.6 Å². The molecule has 0 saturated carbocycles. The van der Waals surface area contributed by atoms with Gasteiger partial charge in [0, 0.05) is 12.1 Å². The molecule has 1 aromatic rings. The largest absolute Gasteiger partial charge is 0.326 e. The van der Waals surface area contributed by atoms with Crippen LogP contribution in [-0.2, 0) is 9.59 Å². The Bertz CT molecular complexity index is 579. The maximum atomic E-state index is 12.9. The van der Waals surface area contributed by atoms with Crippen molar-refractivity contribution in [1.29, 1.82) is 0 Å². The van der Waals surface area contributed by atoms with Crippen LogP contribution in [0, 0.1) is 5.82 Å². The smallest absolute Gasteiger partial charge is 0.322 e. The Balaban J connectivity index is 1.85. The molecule has 0 bridgehead atoms. The monoisotopic (exact) mass is 299 g/mol. The Morgan fingerprint density at radius 1 is 1.40 bits per heavy atom. The van der Waals surface area contributed by atoms with E-state index in [0.717, 1.165) is 6.07 Å². The highest BCUT2D eigenvalue weighted by Crippen LogP contribution is 2.19. The van der Waals surface area contributed by atoms with E-state index in [-0.39, 0.29) is 23.8 Å². The fourth-order valence-electron chi connectivity index (χ4n) is 1.73. The first-order valence-corrected chi connectivity index (χ1v) is 6.20. The summed E-state index contributed by atoms with van der Waals surface area (Å²) in [4.78, 5) is 33.8. The number of urea groups is 1. The van der Waals surface area contributed by atoms with Crippen LogP contribution in [0.25, 0.3) is 0 Å². The van der Waals surface area contributed by atoms with E-state index < -0.39 is 23.8 Å². The number of hydrogen-bond acceptors (Lipinski definition) is 3. The van der Waals surface area contributed by atoms with Crippen LogP contribution in [-0.4, -0.2) is 23.9 Å². The topological polar surface area (TPSA) is 87.3 Å². The first-order valence-electron chi connectivity index (χ1n) is 5.82. The van der Waals surface area contributed by atoms with Gasteiger partial charge in [0.1, 0.15) is 11.9 Å². The molecule has 1 atom stereocenters. The summed E-state index contributed by atoms with van der Waals surface area (Å²) in [5.41, 5.74) is 0.362. The van der Waals surface area contributed by atoms with Crippen molar-refractivity contribution in [2.24, 2.45) is 0 Å². The minimum absolute atomic E-state index is 0.0351. The van der Waals surface area contributed by atoms with Crippen molar-refractivity contribution in [1.82, 2.24) is 10.6 Å². The first-order chi connectivity index (χ1) is 9.45. The predicted molar refractivity (Wildman–Crippen MR) is 69.7 cm³/mol. The molecule has 0 radical (unpaired) electrons. The highest BCUT2D eigenvalue weighted by atomic mass is 35.5. The summed E-state index contributed by atoms with van der Waals surface area (Å²) >= 11 is 5.59. The number of carbonyl (C=O) groups is 3. The number of hydrogen-bond donors (Lipinski definition) is 3. The molecule has 3 N–H and O–H groups in total. The molecule has 106 valence electrons. The zero-order valence-electron chi connectivity index (χ0n) is 10.2. The molecule has 20 heavy (non-hydrogen) atoms. The standard InChI is InChI=1S/C12H11ClFN3O3/c13-7-5-6(1-2-8(7)14)15-10(18)4-3-9-11(19)17-12(20)16-9/h1-2,5,9H,3-4H2,(H,15,18)(H2,16,17,19,20)/t9-/m1/s1. The zero-order chi connectivity index (χ0) is 14.7. The van der Waals surface area contributed by atoms with Gasteiger partial charge in [0.05, 0.1) is 5.02 Å². The molecule has 1 fully saturated rings. The summed E-state index contributed by atoms with van der Waals surface area (Å²) in [6, 6.07) is 2.54. The third-order valence-electron chi connectivity index (χ3n) is 2.72. The highest BCUT2D eigenvalue weighted by Gasteiger charge is 2.29. The van der Waals surface area contributed by atoms with Crippen molar-refractivity contribution in [2.45, 2.75) is 18.9 Å². The van der Waals surface area contributed by atoms with E-state index in [1.54, 1.807) is 0 Å². The van der Waals surface area contributed by atoms with Gasteiger partial charge in [0.25, 0.3) is 5.91 Å². The number of amides is 4. The molecule has 1 aliphatic heterocycles. The van der Waals surface area contributed by atoms with Crippen LogP contribution in [0.15, 0.2) is 18.2 Å². The van der Waals surface area contributed by atoms with Crippen LogP contribution in [0.4, 0.5) is 14.9 Å². The zero-order valence-corrected chi connectivity index (χ0v) is 11.0. The maximum Gasteiger partial charge on any atom is 0.322 e. The summed E-state index contributed by atoms with van der Waals surface area (Å²) in [5.74, 6) is -1.38. The third-order valence-corrected chi connectivity index (χ3v) is 3.01. The SMILES string of the molecule is O=C(CC[C@H]1NC(=O)NC1=O)Nc1ccc(F)c(Cl)c1. The van der Waals surface area contributed by atoms with Crippen molar-refractivity contribution in [2.75, 3.05) is 5.32 Å². The lowest BCUT2D eigenvalue weighted by Gasteiger charge is -2.08. The Kier molecular flexibility index (Phi) is 4.19. The molecule has 0 spiro atoms. The molecular weight excluding hydrogens is 289 g/mol. The van der Waals surface area contributed by atoms with Gasteiger partial charge in [-0.3, -0.25) is 14.9 Å². The van der Waals surface area contributed by atoms with E-state index in [1.165, 1.54) is 12.1 Å². The first kappa shape index (κ1) is 14.3. The Morgan fingerprint density at radius 2 is 2.15 bits per heavy atom. The summed E-state index contributed by atoms with van der Waals surface area (Å²) in [6.45, 7) is 0. The van der Waals surface area contributed by atoms with Crippen molar-refractivity contribution >= 4 is 35.1 Å². The molecule has 0 aliphatic carbocycles. The molecule has 0 aromatic heterocycles. The van der Waals surface area contributed by atoms with Crippen LogP contribution in [0.3, 0.4) is 0 Å². The number of halogens is 2. The van der Waals surface area contributed by atoms with E-state index in [2.05, 4.69) is 16.0 Å². The highest BCUT2D eigenvalue weighted by molar-refractivity contribution is 6.31. The second-order valence-electron chi connectivity index (χ2n) is 4.23. The lowest BCUT2D eigenvalue weighted by molar-refractivity contribution is -0.120. The van der Waals surface area contributed by atoms with Crippen molar-refractivity contribution in [3.05, 3.63) is 29.0 Å². The second kappa shape index (κ2) is 5.87. The van der Waals surface area contributed by atoms with Gasteiger partial charge in [-0.05, 0) is 24.6 Å². The van der Waals surface area contributed by atoms with Crippen LogP contribution in [0.5, 0.6) is 0 Å². The Morgan fingerprint density at radius 3 is 2.75 bits per heavy atom. The summed E-state index contributed by atoms with van der Waals surface area (Å²) in [5, 5.41) is 6.90. The van der Waals surface area contributed by atoms with Gasteiger partial charge in [0.2, 0.25) is 5.91 Å². The van der Waals surface area contributed by atoms with Crippen molar-refractivity contribution in [3.63, 3.8) is 0 Å². The van der Waals surface area contributed by atoms with E-state index in [1.807, 2.05) is 0 Å². The molecular formula is C12H11ClFN3O3. The number of rotatable bonds is 4. The van der Waals surface area contributed by atoms with Gasteiger partial charge < -0.3 is 10.6 Å². The van der Waals surface area contributed by atoms with E-state index in [0.29, 0.717) is 5.69 Å². The van der Waals surface area contributed by atoms with Gasteiger partial charge >= 0.3 is 6.03 Å². The van der Waals surface area contributed by atoms with E-state index in [9.17, 15) is 18.8 Å². The van der Waals surface area contributed by atoms with Gasteiger partial charge in [-0.2, -0.15) is 0 Å². The number of nitrogens with one attached hydrogen (secondary N) is 3. The van der Waals surface area contributed by atoms with Crippen molar-refractivity contribution < 1.29 is 18.8 Å². The summed E-state index contributed by atoms with van der Waals surface area (Å²) in [7, 11) is 0. The molecule has 0 unspecified atom stereocenters. The molecule has 8 heteroatoms. The van der Waals surface area contributed by atoms with Gasteiger partial charge in [-0.1, -0.05) is 11.6 Å². The average molecular weight is 300 g/mol. The molecule has 1 saturated heterocycles. The van der Waals surface area contributed by atoms with E-state index >= 15 is 0 Å². The van der Waals surface area contributed by atoms with Gasteiger partial charge in [-0.25, -0.2) is 9.18 Å². The molecule has 6 nitrogen and oxygen atoms in total. The minimum atomic E-state index is -0.704. The van der Waals surface area contributed by atoms with Crippen molar-refractivity contribution in [3.8, 4) is 0 Å². The van der Waals surface area contributed by atoms with Gasteiger partial charge in [0.15, 0.2) is 0 Å². The maximum absolute atomic E-state index is 12.9. The predicted octanol–water partition coefficient (Wildman–Crippen LogP) is 1.41. The lowest BCUT2D eigenvalue weighted by atomic mass is 10.1. The number of anilines is 1. The fraction of sp³-hybridized carbons (Fsp3) is 0.250. The molecule has 2 rings (SSSR count). The molecule has 1 aromatic carbocycles. The number of carbonyl (C=O) groups excluding carboxylic acids is 3. The normalized spacial score (nSPS) is 17.6. The molecule has 1 aliphatic rings. The summed E-state index contributed by atoms with van der Waals surface area (Å²) in [6.07, 6.45) is 0.214. The summed E-state index contributed by atoms with van der Waals surface area (Å²) < 4.78 is 12.9. The third kappa shape index (κ3) is 3.45. The molecule has 1 heterocycles. The van der Waals surface area contributed by atoms with Crippen LogP contribution in [0.1, 0.15) is 12.8 Å². The van der Waals surface area contributed by atoms with Crippen LogP contribution in [0.2, 0.25) is 5.02 Å². The lowest BCUT2D eigenvalue weighted by Crippen LogP contribution is -2.30. The van der Waals surface area contributed by atoms with Crippen LogP contribution >= 0.6 is 11.6 Å². The number of benzene rings is 1. The molecule has 4 amide bonds. The second-order valence-corrected chi connectivity index (χ2v) is 4.64.